The Hall–Kier alpha value is -2.21. The maximum Gasteiger partial charge on any atom is 0.225 e. The molecule has 31 heavy (non-hydrogen) atoms. The van der Waals surface area contributed by atoms with Crippen molar-refractivity contribution < 1.29 is 9.53 Å². The van der Waals surface area contributed by atoms with Crippen LogP contribution in [-0.2, 0) is 9.53 Å². The lowest BCUT2D eigenvalue weighted by Gasteiger charge is -2.37. The molecule has 1 amide bonds. The van der Waals surface area contributed by atoms with Crippen LogP contribution in [0.25, 0.3) is 11.3 Å². The van der Waals surface area contributed by atoms with E-state index in [0.717, 1.165) is 62.6 Å². The Balaban J connectivity index is 1.20. The number of carbonyl (C=O) groups is 1. The molecular formula is C25H32N4O2. The zero-order valence-electron chi connectivity index (χ0n) is 18.1. The third kappa shape index (κ3) is 3.91. The molecule has 0 spiro atoms. The lowest BCUT2D eigenvalue weighted by Crippen LogP contribution is -2.38. The molecule has 164 valence electrons. The van der Waals surface area contributed by atoms with E-state index in [2.05, 4.69) is 33.5 Å². The van der Waals surface area contributed by atoms with Gasteiger partial charge in [-0.05, 0) is 56.3 Å². The van der Waals surface area contributed by atoms with Crippen LogP contribution in [-0.4, -0.2) is 51.6 Å². The SMILES string of the molecule is O=C(C1CCC1)N1C[C@H]2C[C@@H](n3cc(-c4ccccc4)nn3)[C@H](OCC3CC3)C[C@H]2C1. The van der Waals surface area contributed by atoms with Crippen LogP contribution in [0.3, 0.4) is 0 Å². The number of fused-ring (bicyclic) bond motifs is 1. The van der Waals surface area contributed by atoms with Crippen molar-refractivity contribution in [1.82, 2.24) is 19.9 Å². The van der Waals surface area contributed by atoms with Gasteiger partial charge in [-0.2, -0.15) is 0 Å². The van der Waals surface area contributed by atoms with Crippen molar-refractivity contribution in [2.24, 2.45) is 23.7 Å². The van der Waals surface area contributed by atoms with Gasteiger partial charge in [0, 0.05) is 31.2 Å². The lowest BCUT2D eigenvalue weighted by molar-refractivity contribution is -0.137. The number of hydrogen-bond acceptors (Lipinski definition) is 4. The number of ether oxygens (including phenoxy) is 1. The summed E-state index contributed by atoms with van der Waals surface area (Å²) in [6.45, 7) is 2.69. The second kappa shape index (κ2) is 8.05. The molecule has 2 heterocycles. The first-order valence-corrected chi connectivity index (χ1v) is 12.1. The van der Waals surface area contributed by atoms with Gasteiger partial charge in [0.1, 0.15) is 5.69 Å². The molecular weight excluding hydrogens is 388 g/mol. The highest BCUT2D eigenvalue weighted by atomic mass is 16.5. The highest BCUT2D eigenvalue weighted by molar-refractivity contribution is 5.79. The van der Waals surface area contributed by atoms with Gasteiger partial charge in [0.2, 0.25) is 5.91 Å². The second-order valence-electron chi connectivity index (χ2n) is 10.2. The fourth-order valence-electron chi connectivity index (χ4n) is 5.67. The molecule has 0 unspecified atom stereocenters. The predicted molar refractivity (Wildman–Crippen MR) is 117 cm³/mol. The van der Waals surface area contributed by atoms with E-state index in [0.29, 0.717) is 23.7 Å². The third-order valence-corrected chi connectivity index (χ3v) is 8.01. The van der Waals surface area contributed by atoms with Crippen molar-refractivity contribution in [2.75, 3.05) is 19.7 Å². The molecule has 0 radical (unpaired) electrons. The quantitative estimate of drug-likeness (QED) is 0.710. The molecule has 6 nitrogen and oxygen atoms in total. The fraction of sp³-hybridized carbons (Fsp3) is 0.640. The van der Waals surface area contributed by atoms with E-state index >= 15 is 0 Å². The third-order valence-electron chi connectivity index (χ3n) is 8.01. The van der Waals surface area contributed by atoms with Gasteiger partial charge < -0.3 is 9.64 Å². The topological polar surface area (TPSA) is 60.2 Å². The first kappa shape index (κ1) is 19.5. The Morgan fingerprint density at radius 3 is 2.52 bits per heavy atom. The molecule has 0 bridgehead atoms. The van der Waals surface area contributed by atoms with Crippen LogP contribution in [0.1, 0.15) is 51.0 Å². The number of nitrogens with zero attached hydrogens (tertiary/aromatic N) is 4. The zero-order chi connectivity index (χ0) is 20.8. The predicted octanol–water partition coefficient (Wildman–Crippen LogP) is 3.95. The number of hydrogen-bond donors (Lipinski definition) is 0. The van der Waals surface area contributed by atoms with Gasteiger partial charge in [-0.1, -0.05) is 42.0 Å². The maximum atomic E-state index is 12.9. The summed E-state index contributed by atoms with van der Waals surface area (Å²) in [7, 11) is 0. The van der Waals surface area contributed by atoms with Crippen molar-refractivity contribution in [3.05, 3.63) is 36.5 Å². The molecule has 4 aliphatic rings. The maximum absolute atomic E-state index is 12.9. The van der Waals surface area contributed by atoms with Crippen LogP contribution >= 0.6 is 0 Å². The molecule has 3 aliphatic carbocycles. The van der Waals surface area contributed by atoms with Crippen LogP contribution in [0, 0.1) is 23.7 Å². The van der Waals surface area contributed by atoms with Gasteiger partial charge in [0.25, 0.3) is 0 Å². The van der Waals surface area contributed by atoms with Gasteiger partial charge >= 0.3 is 0 Å². The minimum atomic E-state index is 0.158. The van der Waals surface area contributed by atoms with Crippen LogP contribution in [0.4, 0.5) is 0 Å². The average Bonchev–Trinajstić information content (AvgIpc) is 3.29. The largest absolute Gasteiger partial charge is 0.376 e. The normalized spacial score (nSPS) is 30.8. The van der Waals surface area contributed by atoms with Gasteiger partial charge in [0.05, 0.1) is 18.3 Å². The summed E-state index contributed by atoms with van der Waals surface area (Å²) in [4.78, 5) is 15.0. The van der Waals surface area contributed by atoms with Crippen molar-refractivity contribution in [1.29, 1.82) is 0 Å². The molecule has 1 saturated heterocycles. The molecule has 1 aromatic heterocycles. The Morgan fingerprint density at radius 1 is 1.03 bits per heavy atom. The Bertz CT molecular complexity index is 921. The minimum Gasteiger partial charge on any atom is -0.376 e. The van der Waals surface area contributed by atoms with Gasteiger partial charge in [-0.3, -0.25) is 4.79 Å². The Morgan fingerprint density at radius 2 is 1.81 bits per heavy atom. The number of aromatic nitrogens is 3. The van der Waals surface area contributed by atoms with E-state index < -0.39 is 0 Å². The molecule has 1 aliphatic heterocycles. The van der Waals surface area contributed by atoms with E-state index in [1.807, 2.05) is 22.9 Å². The van der Waals surface area contributed by atoms with E-state index in [4.69, 9.17) is 4.74 Å². The van der Waals surface area contributed by atoms with Crippen LogP contribution in [0.15, 0.2) is 36.5 Å². The van der Waals surface area contributed by atoms with Crippen LogP contribution in [0.2, 0.25) is 0 Å². The number of rotatable bonds is 6. The van der Waals surface area contributed by atoms with Crippen molar-refractivity contribution in [3.63, 3.8) is 0 Å². The molecule has 6 rings (SSSR count). The summed E-state index contributed by atoms with van der Waals surface area (Å²) >= 11 is 0. The van der Waals surface area contributed by atoms with Crippen molar-refractivity contribution >= 4 is 5.91 Å². The average molecular weight is 421 g/mol. The number of carbonyl (C=O) groups excluding carboxylic acids is 1. The summed E-state index contributed by atoms with van der Waals surface area (Å²) in [6.07, 6.45) is 10.3. The monoisotopic (exact) mass is 420 g/mol. The van der Waals surface area contributed by atoms with Crippen LogP contribution in [0.5, 0.6) is 0 Å². The highest BCUT2D eigenvalue weighted by Crippen LogP contribution is 2.44. The van der Waals surface area contributed by atoms with E-state index in [-0.39, 0.29) is 12.1 Å². The van der Waals surface area contributed by atoms with Gasteiger partial charge in [-0.15, -0.1) is 5.10 Å². The molecule has 3 saturated carbocycles. The lowest BCUT2D eigenvalue weighted by atomic mass is 9.77. The molecule has 6 heteroatoms. The summed E-state index contributed by atoms with van der Waals surface area (Å²) in [5.74, 6) is 2.54. The second-order valence-corrected chi connectivity index (χ2v) is 10.2. The zero-order valence-corrected chi connectivity index (χ0v) is 18.1. The Kier molecular flexibility index (Phi) is 5.05. The first-order chi connectivity index (χ1) is 15.2. The van der Waals surface area contributed by atoms with E-state index in [1.54, 1.807) is 0 Å². The summed E-state index contributed by atoms with van der Waals surface area (Å²) in [6, 6.07) is 10.4. The first-order valence-electron chi connectivity index (χ1n) is 12.1. The molecule has 2 aromatic rings. The van der Waals surface area contributed by atoms with E-state index in [9.17, 15) is 4.79 Å². The number of amides is 1. The number of benzene rings is 1. The minimum absolute atomic E-state index is 0.158. The van der Waals surface area contributed by atoms with Gasteiger partial charge in [-0.25, -0.2) is 4.68 Å². The Labute approximate surface area is 183 Å². The standard InChI is InChI=1S/C25H32N4O2/c30-25(19-7-4-8-19)28-13-20-11-23(24(12-21(20)14-28)31-16-17-9-10-17)29-15-22(26-27-29)18-5-2-1-3-6-18/h1-3,5-6,15,17,19-21,23-24H,4,7-14,16H2/t20-,21+,23-,24-/m1/s1. The molecule has 0 N–H and O–H groups in total. The van der Waals surface area contributed by atoms with E-state index in [1.165, 1.54) is 19.3 Å². The summed E-state index contributed by atoms with van der Waals surface area (Å²) in [5, 5.41) is 9.00. The smallest absolute Gasteiger partial charge is 0.225 e. The van der Waals surface area contributed by atoms with Crippen molar-refractivity contribution in [3.8, 4) is 11.3 Å². The van der Waals surface area contributed by atoms with Crippen molar-refractivity contribution in [2.45, 2.75) is 57.1 Å². The fourth-order valence-corrected chi connectivity index (χ4v) is 5.67. The molecule has 4 atom stereocenters. The number of likely N-dealkylation sites (tertiary alicyclic amines) is 1. The van der Waals surface area contributed by atoms with Crippen LogP contribution < -0.4 is 0 Å². The highest BCUT2D eigenvalue weighted by Gasteiger charge is 2.46. The molecule has 1 aromatic carbocycles. The summed E-state index contributed by atoms with van der Waals surface area (Å²) < 4.78 is 8.53. The molecule has 4 fully saturated rings. The summed E-state index contributed by atoms with van der Waals surface area (Å²) in [5.41, 5.74) is 2.01. The van der Waals surface area contributed by atoms with Gasteiger partial charge in [0.15, 0.2) is 0 Å².